The van der Waals surface area contributed by atoms with Crippen LogP contribution in [0.15, 0.2) is 30.6 Å². The summed E-state index contributed by atoms with van der Waals surface area (Å²) in [5.74, 6) is 0.622. The van der Waals surface area contributed by atoms with E-state index >= 15 is 0 Å². The van der Waals surface area contributed by atoms with Crippen molar-refractivity contribution in [2.24, 2.45) is 7.05 Å². The zero-order valence-corrected chi connectivity index (χ0v) is 19.3. The molecule has 1 aromatic carbocycles. The highest BCUT2D eigenvalue weighted by Crippen LogP contribution is 2.32. The van der Waals surface area contributed by atoms with Crippen LogP contribution in [0.25, 0.3) is 22.4 Å². The number of rotatable bonds is 3. The first-order valence-electron chi connectivity index (χ1n) is 10.5. The second kappa shape index (κ2) is 8.11. The number of hydrogen-bond donors (Lipinski definition) is 0. The van der Waals surface area contributed by atoms with Gasteiger partial charge in [-0.15, -0.1) is 0 Å². The van der Waals surface area contributed by atoms with E-state index < -0.39 is 0 Å². The zero-order chi connectivity index (χ0) is 22.4. The highest BCUT2D eigenvalue weighted by atomic mass is 35.5. The van der Waals surface area contributed by atoms with Crippen LogP contribution in [0.1, 0.15) is 28.6 Å². The van der Waals surface area contributed by atoms with Gasteiger partial charge in [-0.3, -0.25) is 4.68 Å². The maximum absolute atomic E-state index is 6.21. The van der Waals surface area contributed by atoms with E-state index in [0.717, 1.165) is 33.8 Å². The third-order valence-corrected chi connectivity index (χ3v) is 6.06. The first-order chi connectivity index (χ1) is 15.4. The molecule has 4 heterocycles. The maximum Gasteiger partial charge on any atom is 0.228 e. The van der Waals surface area contributed by atoms with Crippen LogP contribution >= 0.6 is 11.6 Å². The molecular weight excluding hydrogens is 426 g/mol. The number of halogens is 1. The number of ether oxygens (including phenoxy) is 1. The van der Waals surface area contributed by atoms with Crippen LogP contribution in [0.2, 0.25) is 5.02 Å². The Morgan fingerprint density at radius 3 is 2.62 bits per heavy atom. The minimum atomic E-state index is -0.0942. The molecule has 0 saturated carbocycles. The molecule has 1 fully saturated rings. The van der Waals surface area contributed by atoms with E-state index in [4.69, 9.17) is 36.3 Å². The predicted molar refractivity (Wildman–Crippen MR) is 124 cm³/mol. The van der Waals surface area contributed by atoms with Gasteiger partial charge in [0.05, 0.1) is 30.7 Å². The molecule has 1 atom stereocenters. The number of fused-ring (bicyclic) bond motifs is 1. The van der Waals surface area contributed by atoms with Crippen LogP contribution in [-0.2, 0) is 11.8 Å². The highest BCUT2D eigenvalue weighted by molar-refractivity contribution is 6.30. The normalized spacial score (nSPS) is 16.7. The maximum atomic E-state index is 6.21. The van der Waals surface area contributed by atoms with Crippen molar-refractivity contribution in [3.63, 3.8) is 0 Å². The second-order valence-electron chi connectivity index (χ2n) is 8.15. The van der Waals surface area contributed by atoms with Crippen molar-refractivity contribution in [2.45, 2.75) is 26.9 Å². The van der Waals surface area contributed by atoms with Gasteiger partial charge in [-0.1, -0.05) is 17.7 Å². The molecule has 0 amide bonds. The Morgan fingerprint density at radius 1 is 1.06 bits per heavy atom. The Kier molecular flexibility index (Phi) is 5.27. The summed E-state index contributed by atoms with van der Waals surface area (Å²) >= 11 is 6.21. The molecule has 1 unspecified atom stereocenters. The standard InChI is InChI=1S/C23H24ClN7O/c1-13-9-17(24)5-6-18(13)20-21-22(27-15(3)14(2)26-21)29-23(28-20)31-7-8-32-19(12-31)16-10-25-30(4)11-16/h5-6,9-11,19H,7-8,12H2,1-4H3. The number of anilines is 1. The average Bonchev–Trinajstić information content (AvgIpc) is 3.21. The van der Waals surface area contributed by atoms with Crippen LogP contribution < -0.4 is 4.90 Å². The fourth-order valence-electron chi connectivity index (χ4n) is 3.96. The summed E-state index contributed by atoms with van der Waals surface area (Å²) < 4.78 is 7.79. The second-order valence-corrected chi connectivity index (χ2v) is 8.59. The van der Waals surface area contributed by atoms with Gasteiger partial charge in [0, 0.05) is 35.9 Å². The van der Waals surface area contributed by atoms with E-state index in [0.29, 0.717) is 41.8 Å². The van der Waals surface area contributed by atoms with Crippen molar-refractivity contribution in [1.82, 2.24) is 29.7 Å². The van der Waals surface area contributed by atoms with Crippen molar-refractivity contribution in [3.05, 3.63) is 58.1 Å². The van der Waals surface area contributed by atoms with Gasteiger partial charge in [-0.25, -0.2) is 15.0 Å². The van der Waals surface area contributed by atoms with Crippen LogP contribution in [0.5, 0.6) is 0 Å². The van der Waals surface area contributed by atoms with Gasteiger partial charge in [-0.05, 0) is 38.5 Å². The first kappa shape index (κ1) is 20.8. The monoisotopic (exact) mass is 449 g/mol. The molecule has 0 spiro atoms. The lowest BCUT2D eigenvalue weighted by Crippen LogP contribution is -2.39. The number of aryl methyl sites for hydroxylation is 4. The summed E-state index contributed by atoms with van der Waals surface area (Å²) in [5.41, 5.74) is 6.81. The smallest absolute Gasteiger partial charge is 0.228 e. The van der Waals surface area contributed by atoms with Gasteiger partial charge in [0.1, 0.15) is 17.3 Å². The van der Waals surface area contributed by atoms with E-state index in [1.807, 2.05) is 58.4 Å². The Bertz CT molecular complexity index is 1320. The fourth-order valence-corrected chi connectivity index (χ4v) is 4.19. The van der Waals surface area contributed by atoms with Gasteiger partial charge < -0.3 is 9.64 Å². The number of nitrogens with zero attached hydrogens (tertiary/aromatic N) is 7. The Balaban J connectivity index is 1.62. The van der Waals surface area contributed by atoms with E-state index in [2.05, 4.69) is 10.00 Å². The molecule has 164 valence electrons. The summed E-state index contributed by atoms with van der Waals surface area (Å²) in [4.78, 5) is 21.5. The van der Waals surface area contributed by atoms with Gasteiger partial charge in [-0.2, -0.15) is 10.1 Å². The summed E-state index contributed by atoms with van der Waals surface area (Å²) in [6, 6.07) is 5.79. The molecule has 0 bridgehead atoms. The van der Waals surface area contributed by atoms with Crippen molar-refractivity contribution in [2.75, 3.05) is 24.6 Å². The number of benzene rings is 1. The van der Waals surface area contributed by atoms with E-state index in [9.17, 15) is 0 Å². The average molecular weight is 450 g/mol. The molecule has 1 aliphatic rings. The molecule has 0 aliphatic carbocycles. The Hall–Kier alpha value is -3.10. The van der Waals surface area contributed by atoms with Crippen molar-refractivity contribution >= 4 is 28.7 Å². The van der Waals surface area contributed by atoms with E-state index in [1.54, 1.807) is 4.68 Å². The molecular formula is C23H24ClN7O. The summed E-state index contributed by atoms with van der Waals surface area (Å²) in [7, 11) is 1.90. The molecule has 32 heavy (non-hydrogen) atoms. The molecule has 8 nitrogen and oxygen atoms in total. The van der Waals surface area contributed by atoms with Crippen molar-refractivity contribution < 1.29 is 4.74 Å². The van der Waals surface area contributed by atoms with Crippen LogP contribution in [0.3, 0.4) is 0 Å². The van der Waals surface area contributed by atoms with E-state index in [1.165, 1.54) is 0 Å². The SMILES string of the molecule is Cc1cc(Cl)ccc1-c1nc(N2CCOC(c3cnn(C)c3)C2)nc2nc(C)c(C)nc12. The fraction of sp³-hybridized carbons (Fsp3) is 0.348. The minimum Gasteiger partial charge on any atom is -0.370 e. The number of hydrogen-bond acceptors (Lipinski definition) is 7. The molecule has 3 aromatic heterocycles. The molecule has 0 N–H and O–H groups in total. The zero-order valence-electron chi connectivity index (χ0n) is 18.5. The van der Waals surface area contributed by atoms with Gasteiger partial charge in [0.25, 0.3) is 0 Å². The quantitative estimate of drug-likeness (QED) is 0.468. The van der Waals surface area contributed by atoms with Crippen molar-refractivity contribution in [3.8, 4) is 11.3 Å². The number of morpholine rings is 1. The molecule has 5 rings (SSSR count). The lowest BCUT2D eigenvalue weighted by Gasteiger charge is -2.32. The van der Waals surface area contributed by atoms with Crippen molar-refractivity contribution in [1.29, 1.82) is 0 Å². The summed E-state index contributed by atoms with van der Waals surface area (Å²) in [6.45, 7) is 7.83. The summed E-state index contributed by atoms with van der Waals surface area (Å²) in [6.07, 6.45) is 3.73. The molecule has 1 saturated heterocycles. The van der Waals surface area contributed by atoms with Gasteiger partial charge in [0.2, 0.25) is 5.95 Å². The molecule has 1 aliphatic heterocycles. The first-order valence-corrected chi connectivity index (χ1v) is 10.9. The predicted octanol–water partition coefficient (Wildman–Crippen LogP) is 3.98. The molecule has 4 aromatic rings. The lowest BCUT2D eigenvalue weighted by atomic mass is 10.0. The lowest BCUT2D eigenvalue weighted by molar-refractivity contribution is 0.0392. The topological polar surface area (TPSA) is 81.9 Å². The van der Waals surface area contributed by atoms with Crippen LogP contribution in [-0.4, -0.2) is 49.4 Å². The van der Waals surface area contributed by atoms with Crippen LogP contribution in [0, 0.1) is 20.8 Å². The van der Waals surface area contributed by atoms with Gasteiger partial charge >= 0.3 is 0 Å². The van der Waals surface area contributed by atoms with E-state index in [-0.39, 0.29) is 6.10 Å². The summed E-state index contributed by atoms with van der Waals surface area (Å²) in [5, 5.41) is 4.97. The number of aromatic nitrogens is 6. The Morgan fingerprint density at radius 2 is 1.88 bits per heavy atom. The Labute approximate surface area is 191 Å². The van der Waals surface area contributed by atoms with Crippen LogP contribution in [0.4, 0.5) is 5.95 Å². The molecule has 9 heteroatoms. The van der Waals surface area contributed by atoms with Gasteiger partial charge in [0.15, 0.2) is 5.65 Å². The molecule has 0 radical (unpaired) electrons. The third-order valence-electron chi connectivity index (χ3n) is 5.82. The largest absolute Gasteiger partial charge is 0.370 e. The third kappa shape index (κ3) is 3.80. The highest BCUT2D eigenvalue weighted by Gasteiger charge is 2.26. The minimum absolute atomic E-state index is 0.0942.